The molecule has 0 unspecified atom stereocenters. The van der Waals surface area contributed by atoms with Crippen LogP contribution < -0.4 is 5.32 Å². The number of nitrogens with zero attached hydrogens (tertiary/aromatic N) is 2. The van der Waals surface area contributed by atoms with E-state index in [4.69, 9.17) is 11.6 Å². The van der Waals surface area contributed by atoms with Gasteiger partial charge in [-0.15, -0.1) is 4.40 Å². The Morgan fingerprint density at radius 1 is 1.12 bits per heavy atom. The Morgan fingerprint density at radius 2 is 1.79 bits per heavy atom. The van der Waals surface area contributed by atoms with Crippen molar-refractivity contribution in [3.05, 3.63) is 59.1 Å². The normalized spacial score (nSPS) is 20.6. The molecule has 7 nitrogen and oxygen atoms in total. The van der Waals surface area contributed by atoms with Crippen LogP contribution in [0.15, 0.2) is 57.8 Å². The first-order chi connectivity index (χ1) is 16.2. The number of sulfonamides is 1. The zero-order valence-corrected chi connectivity index (χ0v) is 21.1. The van der Waals surface area contributed by atoms with Gasteiger partial charge in [-0.1, -0.05) is 60.8 Å². The van der Waals surface area contributed by atoms with E-state index in [2.05, 4.69) is 9.71 Å². The topological polar surface area (TPSA) is 95.9 Å². The van der Waals surface area contributed by atoms with Crippen LogP contribution in [0.1, 0.15) is 44.1 Å². The molecule has 2 aliphatic rings. The second kappa shape index (κ2) is 10.5. The number of amidine groups is 1. The van der Waals surface area contributed by atoms with Crippen molar-refractivity contribution in [2.24, 2.45) is 4.40 Å². The predicted octanol–water partition coefficient (Wildman–Crippen LogP) is 5.00. The highest BCUT2D eigenvalue weighted by atomic mass is 35.5. The first kappa shape index (κ1) is 24.8. The number of amides is 2. The van der Waals surface area contributed by atoms with Crippen LogP contribution >= 0.6 is 23.4 Å². The first-order valence-electron chi connectivity index (χ1n) is 11.2. The summed E-state index contributed by atoms with van der Waals surface area (Å²) in [6.45, 7) is 1.89. The number of aryl methyl sites for hydroxylation is 1. The van der Waals surface area contributed by atoms with Crippen LogP contribution in [0.5, 0.6) is 0 Å². The van der Waals surface area contributed by atoms with Gasteiger partial charge in [0.1, 0.15) is 5.25 Å². The highest BCUT2D eigenvalue weighted by molar-refractivity contribution is 8.16. The number of para-hydroxylation sites is 1. The fraction of sp³-hybridized carbons (Fsp3) is 0.375. The highest BCUT2D eigenvalue weighted by Crippen LogP contribution is 2.36. The summed E-state index contributed by atoms with van der Waals surface area (Å²) in [7, 11) is -4.05. The Labute approximate surface area is 209 Å². The van der Waals surface area contributed by atoms with E-state index in [9.17, 15) is 18.0 Å². The minimum absolute atomic E-state index is 0.00166. The Morgan fingerprint density at radius 3 is 2.47 bits per heavy atom. The Balaban J connectivity index is 1.58. The monoisotopic (exact) mass is 519 g/mol. The Kier molecular flexibility index (Phi) is 7.64. The average Bonchev–Trinajstić information content (AvgIpc) is 3.10. The van der Waals surface area contributed by atoms with E-state index in [1.165, 1.54) is 29.2 Å². The molecule has 1 atom stereocenters. The standard InChI is InChI=1S/C24H26ClN3O4S2/c1-16-7-5-6-10-20(16)26-22(29)15-21-23(30)28(18-8-3-2-4-9-18)24(33-21)27-34(31,32)19-13-11-17(25)12-14-19/h5-7,10-14,18,21H,2-4,8-9,15H2,1H3,(H,26,29)/t21-/m1/s1. The molecular weight excluding hydrogens is 494 g/mol. The van der Waals surface area contributed by atoms with E-state index in [0.29, 0.717) is 10.7 Å². The molecular formula is C24H26ClN3O4S2. The molecule has 1 N–H and O–H groups in total. The fourth-order valence-corrected chi connectivity index (χ4v) is 6.73. The van der Waals surface area contributed by atoms with Crippen LogP contribution in [0.25, 0.3) is 0 Å². The third-order valence-electron chi connectivity index (χ3n) is 6.01. The largest absolute Gasteiger partial charge is 0.326 e. The summed E-state index contributed by atoms with van der Waals surface area (Å²) >= 11 is 6.93. The molecule has 2 aromatic rings. The maximum Gasteiger partial charge on any atom is 0.284 e. The van der Waals surface area contributed by atoms with Gasteiger partial charge in [-0.3, -0.25) is 14.5 Å². The van der Waals surface area contributed by atoms with Crippen LogP contribution in [0.2, 0.25) is 5.02 Å². The van der Waals surface area contributed by atoms with Crippen molar-refractivity contribution in [1.29, 1.82) is 0 Å². The zero-order valence-electron chi connectivity index (χ0n) is 18.7. The van der Waals surface area contributed by atoms with Crippen LogP contribution in [0.4, 0.5) is 5.69 Å². The van der Waals surface area contributed by atoms with Crippen LogP contribution in [0, 0.1) is 6.92 Å². The second-order valence-electron chi connectivity index (χ2n) is 8.48. The minimum atomic E-state index is -4.05. The molecule has 1 heterocycles. The summed E-state index contributed by atoms with van der Waals surface area (Å²) in [5.74, 6) is -0.563. The molecule has 180 valence electrons. The third-order valence-corrected chi connectivity index (χ3v) is 8.81. The Bertz CT molecular complexity index is 1210. The lowest BCUT2D eigenvalue weighted by Gasteiger charge is -2.30. The molecule has 0 spiro atoms. The predicted molar refractivity (Wildman–Crippen MR) is 136 cm³/mol. The number of hydrogen-bond donors (Lipinski definition) is 1. The fourth-order valence-electron chi connectivity index (χ4n) is 4.20. The Hall–Kier alpha value is -2.36. The zero-order chi connectivity index (χ0) is 24.3. The van der Waals surface area contributed by atoms with Crippen molar-refractivity contribution in [3.8, 4) is 0 Å². The molecule has 4 rings (SSSR count). The number of anilines is 1. The third kappa shape index (κ3) is 5.64. The van der Waals surface area contributed by atoms with Crippen molar-refractivity contribution in [2.75, 3.05) is 5.32 Å². The van der Waals surface area contributed by atoms with Crippen LogP contribution in [-0.4, -0.2) is 41.6 Å². The summed E-state index contributed by atoms with van der Waals surface area (Å²) < 4.78 is 30.0. The molecule has 1 aliphatic carbocycles. The van der Waals surface area contributed by atoms with Gasteiger partial charge in [-0.25, -0.2) is 0 Å². The number of carbonyl (C=O) groups excluding carboxylic acids is 2. The van der Waals surface area contributed by atoms with Gasteiger partial charge in [0, 0.05) is 23.2 Å². The minimum Gasteiger partial charge on any atom is -0.326 e. The van der Waals surface area contributed by atoms with Gasteiger partial charge >= 0.3 is 0 Å². The van der Waals surface area contributed by atoms with Crippen molar-refractivity contribution >= 4 is 56.1 Å². The quantitative estimate of drug-likeness (QED) is 0.579. The van der Waals surface area contributed by atoms with E-state index in [0.717, 1.165) is 49.4 Å². The van der Waals surface area contributed by atoms with Gasteiger partial charge in [-0.05, 0) is 55.7 Å². The summed E-state index contributed by atoms with van der Waals surface area (Å²) in [5, 5.41) is 2.68. The maximum atomic E-state index is 13.4. The van der Waals surface area contributed by atoms with Crippen molar-refractivity contribution in [1.82, 2.24) is 4.90 Å². The molecule has 0 aromatic heterocycles. The van der Waals surface area contributed by atoms with Gasteiger partial charge in [0.15, 0.2) is 5.17 Å². The van der Waals surface area contributed by atoms with E-state index < -0.39 is 15.3 Å². The molecule has 1 saturated carbocycles. The SMILES string of the molecule is Cc1ccccc1NC(=O)C[C@H]1SC(=NS(=O)(=O)c2ccc(Cl)cc2)N(C2CCCCC2)C1=O. The van der Waals surface area contributed by atoms with E-state index in [1.54, 1.807) is 6.07 Å². The van der Waals surface area contributed by atoms with E-state index in [1.807, 2.05) is 25.1 Å². The molecule has 10 heteroatoms. The lowest BCUT2D eigenvalue weighted by atomic mass is 9.94. The number of nitrogens with one attached hydrogen (secondary N) is 1. The number of thioether (sulfide) groups is 1. The molecule has 0 radical (unpaired) electrons. The number of rotatable bonds is 6. The molecule has 2 fully saturated rings. The van der Waals surface area contributed by atoms with Gasteiger partial charge in [-0.2, -0.15) is 8.42 Å². The molecule has 2 amide bonds. The number of halogens is 1. The van der Waals surface area contributed by atoms with Crippen molar-refractivity contribution in [3.63, 3.8) is 0 Å². The van der Waals surface area contributed by atoms with Gasteiger partial charge in [0.25, 0.3) is 10.0 Å². The lowest BCUT2D eigenvalue weighted by molar-refractivity contribution is -0.130. The molecule has 1 saturated heterocycles. The summed E-state index contributed by atoms with van der Waals surface area (Å²) in [5.41, 5.74) is 1.60. The molecule has 0 bridgehead atoms. The number of benzene rings is 2. The molecule has 1 aliphatic heterocycles. The van der Waals surface area contributed by atoms with Crippen LogP contribution in [-0.2, 0) is 19.6 Å². The van der Waals surface area contributed by atoms with Crippen molar-refractivity contribution in [2.45, 2.75) is 61.6 Å². The van der Waals surface area contributed by atoms with Gasteiger partial charge < -0.3 is 5.32 Å². The van der Waals surface area contributed by atoms with E-state index >= 15 is 0 Å². The van der Waals surface area contributed by atoms with E-state index in [-0.39, 0.29) is 34.3 Å². The maximum absolute atomic E-state index is 13.4. The first-order valence-corrected chi connectivity index (χ1v) is 13.9. The van der Waals surface area contributed by atoms with Gasteiger partial charge in [0.05, 0.1) is 4.90 Å². The highest BCUT2D eigenvalue weighted by Gasteiger charge is 2.43. The average molecular weight is 520 g/mol. The van der Waals surface area contributed by atoms with Crippen molar-refractivity contribution < 1.29 is 18.0 Å². The summed E-state index contributed by atoms with van der Waals surface area (Å²) in [6, 6.07) is 13.0. The van der Waals surface area contributed by atoms with Crippen LogP contribution in [0.3, 0.4) is 0 Å². The summed E-state index contributed by atoms with van der Waals surface area (Å²) in [4.78, 5) is 27.6. The lowest BCUT2D eigenvalue weighted by Crippen LogP contribution is -2.42. The number of hydrogen-bond acceptors (Lipinski definition) is 5. The van der Waals surface area contributed by atoms with Gasteiger partial charge in [0.2, 0.25) is 11.8 Å². The molecule has 2 aromatic carbocycles. The smallest absolute Gasteiger partial charge is 0.284 e. The molecule has 34 heavy (non-hydrogen) atoms. The number of carbonyl (C=O) groups is 2. The second-order valence-corrected chi connectivity index (χ2v) is 11.7. The summed E-state index contributed by atoms with van der Waals surface area (Å²) in [6.07, 6.45) is 4.52.